The quantitative estimate of drug-likeness (QED) is 0.745. The van der Waals surface area contributed by atoms with Gasteiger partial charge in [-0.2, -0.15) is 0 Å². The molecule has 1 saturated heterocycles. The summed E-state index contributed by atoms with van der Waals surface area (Å²) in [6, 6.07) is 9.72. The molecule has 4 atom stereocenters. The van der Waals surface area contributed by atoms with Gasteiger partial charge in [0.1, 0.15) is 0 Å². The molecule has 4 unspecified atom stereocenters. The summed E-state index contributed by atoms with van der Waals surface area (Å²) in [6.07, 6.45) is 8.21. The number of rotatable bonds is 1. The number of allylic oxidation sites excluding steroid dienone is 4. The second-order valence-corrected chi connectivity index (χ2v) is 5.93. The van der Waals surface area contributed by atoms with Gasteiger partial charge in [-0.1, -0.05) is 49.4 Å². The molecule has 92 valence electrons. The molecule has 1 aromatic carbocycles. The first-order chi connectivity index (χ1) is 8.84. The van der Waals surface area contributed by atoms with E-state index in [0.29, 0.717) is 11.8 Å². The summed E-state index contributed by atoms with van der Waals surface area (Å²) in [4.78, 5) is 0. The van der Waals surface area contributed by atoms with Crippen molar-refractivity contribution in [1.29, 1.82) is 0 Å². The van der Waals surface area contributed by atoms with Crippen LogP contribution in [0.15, 0.2) is 42.5 Å². The Bertz CT molecular complexity index is 536. The van der Waals surface area contributed by atoms with E-state index in [2.05, 4.69) is 54.7 Å². The van der Waals surface area contributed by atoms with Crippen LogP contribution in [-0.2, 0) is 6.42 Å². The van der Waals surface area contributed by atoms with Gasteiger partial charge in [-0.25, -0.2) is 0 Å². The molecule has 0 aromatic heterocycles. The predicted molar refractivity (Wildman–Crippen MR) is 75.2 cm³/mol. The maximum absolute atomic E-state index is 3.54. The van der Waals surface area contributed by atoms with Crippen LogP contribution < -0.4 is 5.32 Å². The molecule has 3 aliphatic rings. The Morgan fingerprint density at radius 1 is 1.22 bits per heavy atom. The number of benzene rings is 1. The first kappa shape index (κ1) is 10.6. The van der Waals surface area contributed by atoms with E-state index < -0.39 is 0 Å². The van der Waals surface area contributed by atoms with E-state index in [4.69, 9.17) is 0 Å². The minimum Gasteiger partial charge on any atom is -0.311 e. The molecule has 1 heterocycles. The van der Waals surface area contributed by atoms with E-state index in [9.17, 15) is 0 Å². The van der Waals surface area contributed by atoms with Crippen LogP contribution in [0.3, 0.4) is 0 Å². The third-order valence-corrected chi connectivity index (χ3v) is 4.82. The van der Waals surface area contributed by atoms with Gasteiger partial charge in [-0.05, 0) is 40.9 Å². The first-order valence-corrected chi connectivity index (χ1v) is 7.04. The van der Waals surface area contributed by atoms with E-state index in [1.165, 1.54) is 18.5 Å². The first-order valence-electron chi connectivity index (χ1n) is 7.04. The number of nitrogens with one attached hydrogen (secondary N) is 1. The predicted octanol–water partition coefficient (Wildman–Crippen LogP) is 3.04. The van der Waals surface area contributed by atoms with Crippen LogP contribution in [0.5, 0.6) is 0 Å². The summed E-state index contributed by atoms with van der Waals surface area (Å²) in [7, 11) is 0. The number of hydrogen-bond acceptors (Lipinski definition) is 1. The highest BCUT2D eigenvalue weighted by Crippen LogP contribution is 2.47. The molecule has 2 aliphatic carbocycles. The number of hydrogen-bond donors (Lipinski definition) is 1. The Kier molecular flexibility index (Phi) is 2.25. The molecular weight excluding hydrogens is 218 g/mol. The van der Waals surface area contributed by atoms with Gasteiger partial charge in [0.15, 0.2) is 0 Å². The lowest BCUT2D eigenvalue weighted by Crippen LogP contribution is -2.34. The molecule has 0 bridgehead atoms. The minimum atomic E-state index is 0.672. The van der Waals surface area contributed by atoms with Crippen LogP contribution in [-0.4, -0.2) is 12.6 Å². The SMILES string of the molecule is CC1C=CC=C2c3ccccc3CC(C3CN3)C21. The van der Waals surface area contributed by atoms with Crippen LogP contribution >= 0.6 is 0 Å². The lowest BCUT2D eigenvalue weighted by molar-refractivity contribution is 0.325. The average Bonchev–Trinajstić information content (AvgIpc) is 3.22. The van der Waals surface area contributed by atoms with Crippen LogP contribution in [0.2, 0.25) is 0 Å². The molecule has 0 spiro atoms. The zero-order valence-electron chi connectivity index (χ0n) is 10.8. The zero-order chi connectivity index (χ0) is 12.1. The molecule has 1 heteroatoms. The molecule has 1 N–H and O–H groups in total. The second kappa shape index (κ2) is 3.83. The third-order valence-electron chi connectivity index (χ3n) is 4.82. The van der Waals surface area contributed by atoms with Gasteiger partial charge in [-0.15, -0.1) is 0 Å². The van der Waals surface area contributed by atoms with Crippen molar-refractivity contribution in [2.75, 3.05) is 6.54 Å². The monoisotopic (exact) mass is 237 g/mol. The van der Waals surface area contributed by atoms with Gasteiger partial charge in [0, 0.05) is 12.6 Å². The average molecular weight is 237 g/mol. The van der Waals surface area contributed by atoms with Crippen molar-refractivity contribution < 1.29 is 0 Å². The van der Waals surface area contributed by atoms with Crippen molar-refractivity contribution in [1.82, 2.24) is 5.32 Å². The van der Waals surface area contributed by atoms with Gasteiger partial charge < -0.3 is 5.32 Å². The molecule has 4 rings (SSSR count). The second-order valence-electron chi connectivity index (χ2n) is 5.93. The molecule has 1 fully saturated rings. The molecule has 1 nitrogen and oxygen atoms in total. The third kappa shape index (κ3) is 1.50. The van der Waals surface area contributed by atoms with Gasteiger partial charge in [-0.3, -0.25) is 0 Å². The van der Waals surface area contributed by atoms with Crippen molar-refractivity contribution in [3.05, 3.63) is 53.6 Å². The lowest BCUT2D eigenvalue weighted by Gasteiger charge is -2.39. The van der Waals surface area contributed by atoms with Crippen LogP contribution in [0, 0.1) is 17.8 Å². The highest BCUT2D eigenvalue weighted by atomic mass is 15.1. The molecule has 0 radical (unpaired) electrons. The molecule has 1 aromatic rings. The highest BCUT2D eigenvalue weighted by Gasteiger charge is 2.43. The fourth-order valence-electron chi connectivity index (χ4n) is 3.86. The molecule has 18 heavy (non-hydrogen) atoms. The summed E-state index contributed by atoms with van der Waals surface area (Å²) < 4.78 is 0. The van der Waals surface area contributed by atoms with E-state index >= 15 is 0 Å². The van der Waals surface area contributed by atoms with Crippen LogP contribution in [0.1, 0.15) is 18.1 Å². The lowest BCUT2D eigenvalue weighted by atomic mass is 9.65. The summed E-state index contributed by atoms with van der Waals surface area (Å²) >= 11 is 0. The van der Waals surface area contributed by atoms with E-state index in [1.54, 1.807) is 11.1 Å². The normalized spacial score (nSPS) is 36.6. The molecule has 0 saturated carbocycles. The largest absolute Gasteiger partial charge is 0.311 e. The Morgan fingerprint density at radius 3 is 2.89 bits per heavy atom. The zero-order valence-corrected chi connectivity index (χ0v) is 10.8. The molecule has 1 aliphatic heterocycles. The summed E-state index contributed by atoms with van der Waals surface area (Å²) in [6.45, 7) is 3.59. The summed E-state index contributed by atoms with van der Waals surface area (Å²) in [5, 5.41) is 3.54. The standard InChI is InChI=1S/C17H19N/c1-11-5-4-8-14-13-7-3-2-6-12(13)9-15(17(11)14)16-10-18-16/h2-8,11,15-18H,9-10H2,1H3. The Morgan fingerprint density at radius 2 is 2.06 bits per heavy atom. The number of fused-ring (bicyclic) bond motifs is 3. The van der Waals surface area contributed by atoms with E-state index in [-0.39, 0.29) is 0 Å². The summed E-state index contributed by atoms with van der Waals surface area (Å²) in [5.41, 5.74) is 4.61. The summed E-state index contributed by atoms with van der Waals surface area (Å²) in [5.74, 6) is 2.17. The van der Waals surface area contributed by atoms with Crippen molar-refractivity contribution in [3.8, 4) is 0 Å². The fourth-order valence-corrected chi connectivity index (χ4v) is 3.86. The van der Waals surface area contributed by atoms with Crippen molar-refractivity contribution >= 4 is 5.57 Å². The molecular formula is C17H19N. The smallest absolute Gasteiger partial charge is 0.0230 e. The minimum absolute atomic E-state index is 0.672. The topological polar surface area (TPSA) is 21.9 Å². The van der Waals surface area contributed by atoms with Gasteiger partial charge in [0.25, 0.3) is 0 Å². The van der Waals surface area contributed by atoms with E-state index in [0.717, 1.165) is 12.0 Å². The van der Waals surface area contributed by atoms with Crippen LogP contribution in [0.4, 0.5) is 0 Å². The molecule has 0 amide bonds. The van der Waals surface area contributed by atoms with Gasteiger partial charge in [0.2, 0.25) is 0 Å². The maximum Gasteiger partial charge on any atom is 0.0230 e. The Labute approximate surface area is 109 Å². The van der Waals surface area contributed by atoms with Crippen LogP contribution in [0.25, 0.3) is 5.57 Å². The Hall–Kier alpha value is -1.34. The van der Waals surface area contributed by atoms with Crippen molar-refractivity contribution in [3.63, 3.8) is 0 Å². The maximum atomic E-state index is 3.54. The van der Waals surface area contributed by atoms with E-state index in [1.807, 2.05) is 0 Å². The van der Waals surface area contributed by atoms with Crippen molar-refractivity contribution in [2.24, 2.45) is 17.8 Å². The Balaban J connectivity index is 1.85. The van der Waals surface area contributed by atoms with Crippen molar-refractivity contribution in [2.45, 2.75) is 19.4 Å². The highest BCUT2D eigenvalue weighted by molar-refractivity contribution is 5.75. The van der Waals surface area contributed by atoms with Gasteiger partial charge in [0.05, 0.1) is 0 Å². The fraction of sp³-hybridized carbons (Fsp3) is 0.412. The van der Waals surface area contributed by atoms with Gasteiger partial charge >= 0.3 is 0 Å².